The Kier molecular flexibility index (Phi) is 6.77. The Bertz CT molecular complexity index is 293. The topological polar surface area (TPSA) is 21.3 Å². The van der Waals surface area contributed by atoms with Gasteiger partial charge in [-0.05, 0) is 36.8 Å². The molecule has 1 N–H and O–H groups in total. The third kappa shape index (κ3) is 5.51. The number of ether oxygens (including phenoxy) is 1. The smallest absolute Gasteiger partial charge is 0.0591 e. The molecule has 0 spiro atoms. The minimum Gasteiger partial charge on any atom is -0.380 e. The first kappa shape index (κ1) is 14.0. The largest absolute Gasteiger partial charge is 0.380 e. The lowest BCUT2D eigenvalue weighted by molar-refractivity contribution is 0.138. The van der Waals surface area contributed by atoms with E-state index in [1.165, 1.54) is 43.5 Å². The van der Waals surface area contributed by atoms with Crippen LogP contribution in [0.3, 0.4) is 0 Å². The highest BCUT2D eigenvalue weighted by molar-refractivity contribution is 7.09. The van der Waals surface area contributed by atoms with Crippen molar-refractivity contribution in [3.63, 3.8) is 0 Å². The summed E-state index contributed by atoms with van der Waals surface area (Å²) >= 11 is 1.81. The van der Waals surface area contributed by atoms with E-state index < -0.39 is 0 Å². The Hall–Kier alpha value is -0.380. The van der Waals surface area contributed by atoms with Gasteiger partial charge in [0, 0.05) is 17.8 Å². The summed E-state index contributed by atoms with van der Waals surface area (Å²) in [7, 11) is 0. The predicted molar refractivity (Wildman–Crippen MR) is 78.3 cm³/mol. The second-order valence-electron chi connectivity index (χ2n) is 5.15. The van der Waals surface area contributed by atoms with Crippen LogP contribution in [-0.4, -0.2) is 26.3 Å². The van der Waals surface area contributed by atoms with Gasteiger partial charge in [0.15, 0.2) is 0 Å². The molecule has 1 saturated carbocycles. The normalized spacial score (nSPS) is 17.1. The van der Waals surface area contributed by atoms with Crippen LogP contribution < -0.4 is 5.32 Å². The molecule has 1 aliphatic rings. The fourth-order valence-electron chi connectivity index (χ4n) is 2.57. The first-order valence-electron chi connectivity index (χ1n) is 7.26. The molecule has 2 nitrogen and oxygen atoms in total. The average Bonchev–Trinajstić information content (AvgIpc) is 2.92. The number of hydrogen-bond donors (Lipinski definition) is 1. The number of hydrogen-bond acceptors (Lipinski definition) is 3. The van der Waals surface area contributed by atoms with Crippen LogP contribution in [-0.2, 0) is 11.2 Å². The molecule has 1 aromatic heterocycles. The van der Waals surface area contributed by atoms with Gasteiger partial charge < -0.3 is 10.1 Å². The molecule has 0 aromatic carbocycles. The van der Waals surface area contributed by atoms with Gasteiger partial charge in [0.25, 0.3) is 0 Å². The molecular weight excluding hydrogens is 242 g/mol. The number of thiophene rings is 1. The van der Waals surface area contributed by atoms with E-state index in [0.717, 1.165) is 32.1 Å². The lowest BCUT2D eigenvalue weighted by Crippen LogP contribution is -2.27. The monoisotopic (exact) mass is 267 g/mol. The van der Waals surface area contributed by atoms with Crippen LogP contribution in [0.5, 0.6) is 0 Å². The zero-order chi connectivity index (χ0) is 12.5. The van der Waals surface area contributed by atoms with E-state index in [4.69, 9.17) is 4.74 Å². The fraction of sp³-hybridized carbons (Fsp3) is 0.733. The van der Waals surface area contributed by atoms with Gasteiger partial charge in [0.1, 0.15) is 0 Å². The van der Waals surface area contributed by atoms with Crippen LogP contribution in [0.4, 0.5) is 0 Å². The van der Waals surface area contributed by atoms with Crippen LogP contribution in [0.25, 0.3) is 0 Å². The molecule has 0 aliphatic heterocycles. The van der Waals surface area contributed by atoms with E-state index in [1.54, 1.807) is 0 Å². The van der Waals surface area contributed by atoms with Crippen LogP contribution >= 0.6 is 11.3 Å². The maximum atomic E-state index is 5.64. The van der Waals surface area contributed by atoms with Gasteiger partial charge in [-0.15, -0.1) is 11.3 Å². The number of nitrogens with one attached hydrogen (secondary N) is 1. The maximum Gasteiger partial charge on any atom is 0.0591 e. The van der Waals surface area contributed by atoms with Crippen molar-refractivity contribution in [2.75, 3.05) is 26.3 Å². The Balaban J connectivity index is 1.39. The van der Waals surface area contributed by atoms with Gasteiger partial charge in [0.2, 0.25) is 0 Å². The lowest BCUT2D eigenvalue weighted by Gasteiger charge is -2.21. The Labute approximate surface area is 115 Å². The van der Waals surface area contributed by atoms with E-state index in [1.807, 2.05) is 11.3 Å². The van der Waals surface area contributed by atoms with Crippen molar-refractivity contribution in [3.05, 3.63) is 22.4 Å². The van der Waals surface area contributed by atoms with Crippen molar-refractivity contribution in [1.82, 2.24) is 5.32 Å². The predicted octanol–water partition coefficient (Wildman–Crippen LogP) is 3.48. The van der Waals surface area contributed by atoms with E-state index in [-0.39, 0.29) is 0 Å². The average molecular weight is 267 g/mol. The Morgan fingerprint density at radius 3 is 2.89 bits per heavy atom. The van der Waals surface area contributed by atoms with Gasteiger partial charge in [-0.3, -0.25) is 0 Å². The molecule has 0 radical (unpaired) electrons. The first-order chi connectivity index (χ1) is 8.95. The summed E-state index contributed by atoms with van der Waals surface area (Å²) in [6, 6.07) is 4.28. The zero-order valence-electron chi connectivity index (χ0n) is 11.2. The molecular formula is C15H25NOS. The maximum absolute atomic E-state index is 5.64. The van der Waals surface area contributed by atoms with Crippen LogP contribution in [0.1, 0.15) is 37.0 Å². The van der Waals surface area contributed by atoms with Crippen LogP contribution in [0.2, 0.25) is 0 Å². The van der Waals surface area contributed by atoms with E-state index >= 15 is 0 Å². The van der Waals surface area contributed by atoms with Crippen molar-refractivity contribution < 1.29 is 4.74 Å². The molecule has 3 heteroatoms. The molecule has 0 saturated heterocycles. The molecule has 102 valence electrons. The van der Waals surface area contributed by atoms with Crippen molar-refractivity contribution in [1.29, 1.82) is 0 Å². The molecule has 1 heterocycles. The zero-order valence-corrected chi connectivity index (χ0v) is 12.0. The Morgan fingerprint density at radius 2 is 2.11 bits per heavy atom. The van der Waals surface area contributed by atoms with Crippen molar-refractivity contribution in [2.45, 2.75) is 38.5 Å². The highest BCUT2D eigenvalue weighted by Crippen LogP contribution is 2.22. The summed E-state index contributed by atoms with van der Waals surface area (Å²) in [6.45, 7) is 3.89. The molecule has 2 rings (SSSR count). The summed E-state index contributed by atoms with van der Waals surface area (Å²) < 4.78 is 5.64. The summed E-state index contributed by atoms with van der Waals surface area (Å²) in [6.07, 6.45) is 8.22. The van der Waals surface area contributed by atoms with E-state index in [0.29, 0.717) is 0 Å². The standard InChI is InChI=1S/C15H25NOS/c1-2-5-14(6-3-1)13-16-9-11-17-10-8-15-7-4-12-18-15/h4,7,12,14,16H,1-3,5-6,8-11,13H2. The van der Waals surface area contributed by atoms with Gasteiger partial charge in [-0.25, -0.2) is 0 Å². The van der Waals surface area contributed by atoms with Gasteiger partial charge in [-0.2, -0.15) is 0 Å². The van der Waals surface area contributed by atoms with Crippen LogP contribution in [0.15, 0.2) is 17.5 Å². The van der Waals surface area contributed by atoms with E-state index in [2.05, 4.69) is 22.8 Å². The highest BCUT2D eigenvalue weighted by Gasteiger charge is 2.12. The second-order valence-corrected chi connectivity index (χ2v) is 6.18. The SMILES string of the molecule is c1csc(CCOCCNCC2CCCCC2)c1. The van der Waals surface area contributed by atoms with Crippen molar-refractivity contribution >= 4 is 11.3 Å². The summed E-state index contributed by atoms with van der Waals surface area (Å²) in [5.74, 6) is 0.921. The van der Waals surface area contributed by atoms with Crippen LogP contribution in [0, 0.1) is 5.92 Å². The highest BCUT2D eigenvalue weighted by atomic mass is 32.1. The summed E-state index contributed by atoms with van der Waals surface area (Å²) in [5, 5.41) is 5.65. The van der Waals surface area contributed by atoms with Gasteiger partial charge in [0.05, 0.1) is 13.2 Å². The Morgan fingerprint density at radius 1 is 1.22 bits per heavy atom. The van der Waals surface area contributed by atoms with Crippen molar-refractivity contribution in [3.8, 4) is 0 Å². The van der Waals surface area contributed by atoms with Gasteiger partial charge >= 0.3 is 0 Å². The molecule has 0 bridgehead atoms. The molecule has 0 amide bonds. The van der Waals surface area contributed by atoms with Gasteiger partial charge in [-0.1, -0.05) is 25.3 Å². The first-order valence-corrected chi connectivity index (χ1v) is 8.14. The number of rotatable bonds is 8. The third-order valence-corrected chi connectivity index (χ3v) is 4.59. The summed E-state index contributed by atoms with van der Waals surface area (Å²) in [5.41, 5.74) is 0. The van der Waals surface area contributed by atoms with E-state index in [9.17, 15) is 0 Å². The second kappa shape index (κ2) is 8.68. The minimum absolute atomic E-state index is 0.845. The van der Waals surface area contributed by atoms with Crippen molar-refractivity contribution in [2.24, 2.45) is 5.92 Å². The minimum atomic E-state index is 0.845. The summed E-state index contributed by atoms with van der Waals surface area (Å²) in [4.78, 5) is 1.42. The molecule has 18 heavy (non-hydrogen) atoms. The molecule has 0 unspecified atom stereocenters. The quantitative estimate of drug-likeness (QED) is 0.728. The molecule has 1 fully saturated rings. The molecule has 1 aliphatic carbocycles. The fourth-order valence-corrected chi connectivity index (χ4v) is 3.26. The molecule has 1 aromatic rings. The lowest BCUT2D eigenvalue weighted by atomic mass is 9.89. The molecule has 0 atom stereocenters. The third-order valence-electron chi connectivity index (χ3n) is 3.65.